The van der Waals surface area contributed by atoms with Crippen molar-refractivity contribution in [2.45, 2.75) is 13.1 Å². The minimum absolute atomic E-state index is 0.909. The van der Waals surface area contributed by atoms with E-state index in [2.05, 4.69) is 67.9 Å². The third-order valence-corrected chi connectivity index (χ3v) is 5.42. The second kappa shape index (κ2) is 11.2. The molecule has 0 aromatic carbocycles. The summed E-state index contributed by atoms with van der Waals surface area (Å²) < 4.78 is 0. The lowest BCUT2D eigenvalue weighted by Crippen LogP contribution is -2.44. The number of aromatic nitrogens is 2. The van der Waals surface area contributed by atoms with Gasteiger partial charge in [-0.2, -0.15) is 0 Å². The molecule has 2 aromatic rings. The lowest BCUT2D eigenvalue weighted by Gasteiger charge is -2.32. The van der Waals surface area contributed by atoms with E-state index in [0.29, 0.717) is 0 Å². The van der Waals surface area contributed by atoms with Crippen molar-refractivity contribution in [1.29, 1.82) is 0 Å². The van der Waals surface area contributed by atoms with Gasteiger partial charge < -0.3 is 9.80 Å². The van der Waals surface area contributed by atoms with Crippen LogP contribution in [0, 0.1) is 0 Å². The fourth-order valence-corrected chi connectivity index (χ4v) is 3.45. The SMILES string of the molecule is CN1CCN(C)CCN(Cc2ccccn2)CCN(Cc2ccccn2)CC1. The van der Waals surface area contributed by atoms with E-state index in [-0.39, 0.29) is 0 Å². The van der Waals surface area contributed by atoms with Crippen molar-refractivity contribution in [3.8, 4) is 0 Å². The topological polar surface area (TPSA) is 38.7 Å². The predicted molar refractivity (Wildman–Crippen MR) is 114 cm³/mol. The van der Waals surface area contributed by atoms with Crippen LogP contribution in [-0.4, -0.2) is 96.0 Å². The summed E-state index contributed by atoms with van der Waals surface area (Å²) in [5, 5.41) is 0. The van der Waals surface area contributed by atoms with Gasteiger partial charge in [-0.1, -0.05) is 12.1 Å². The number of likely N-dealkylation sites (N-methyl/N-ethyl adjacent to an activating group) is 2. The number of rotatable bonds is 4. The van der Waals surface area contributed by atoms with Crippen molar-refractivity contribution in [3.05, 3.63) is 60.2 Å². The number of pyridine rings is 2. The molecular weight excluding hydrogens is 348 g/mol. The Balaban J connectivity index is 1.66. The van der Waals surface area contributed by atoms with E-state index < -0.39 is 0 Å². The highest BCUT2D eigenvalue weighted by molar-refractivity contribution is 5.04. The van der Waals surface area contributed by atoms with Gasteiger partial charge in [0.15, 0.2) is 0 Å². The number of nitrogens with zero attached hydrogens (tertiary/aromatic N) is 6. The van der Waals surface area contributed by atoms with E-state index in [0.717, 1.165) is 76.8 Å². The van der Waals surface area contributed by atoms with Gasteiger partial charge in [0, 0.05) is 77.8 Å². The van der Waals surface area contributed by atoms with Gasteiger partial charge in [-0.25, -0.2) is 0 Å². The standard InChI is InChI=1S/C22H34N6/c1-25-11-12-26(2)14-16-28(20-22-8-4-6-10-24-22)18-17-27(15-13-25)19-21-7-3-5-9-23-21/h3-10H,11-20H2,1-2H3. The highest BCUT2D eigenvalue weighted by atomic mass is 15.3. The molecule has 0 atom stereocenters. The normalized spacial score (nSPS) is 19.8. The third-order valence-electron chi connectivity index (χ3n) is 5.42. The van der Waals surface area contributed by atoms with Gasteiger partial charge in [0.25, 0.3) is 0 Å². The lowest BCUT2D eigenvalue weighted by atomic mass is 10.3. The van der Waals surface area contributed by atoms with Crippen LogP contribution in [-0.2, 0) is 13.1 Å². The maximum Gasteiger partial charge on any atom is 0.0543 e. The molecule has 0 aliphatic carbocycles. The average Bonchev–Trinajstić information content (AvgIpc) is 2.72. The second-order valence-corrected chi connectivity index (χ2v) is 7.80. The van der Waals surface area contributed by atoms with E-state index >= 15 is 0 Å². The van der Waals surface area contributed by atoms with Crippen LogP contribution in [0.2, 0.25) is 0 Å². The summed E-state index contributed by atoms with van der Waals surface area (Å²) >= 11 is 0. The Kier molecular flexibility index (Phi) is 8.36. The minimum Gasteiger partial charge on any atom is -0.304 e. The van der Waals surface area contributed by atoms with Gasteiger partial charge in [-0.3, -0.25) is 19.8 Å². The van der Waals surface area contributed by atoms with E-state index in [1.165, 1.54) is 0 Å². The zero-order valence-corrected chi connectivity index (χ0v) is 17.4. The fraction of sp³-hybridized carbons (Fsp3) is 0.545. The van der Waals surface area contributed by atoms with Gasteiger partial charge in [0.2, 0.25) is 0 Å². The molecule has 1 fully saturated rings. The molecule has 28 heavy (non-hydrogen) atoms. The van der Waals surface area contributed by atoms with Crippen LogP contribution < -0.4 is 0 Å². The summed E-state index contributed by atoms with van der Waals surface area (Å²) in [5.41, 5.74) is 2.29. The first-order valence-corrected chi connectivity index (χ1v) is 10.3. The molecule has 0 bridgehead atoms. The summed E-state index contributed by atoms with van der Waals surface area (Å²) in [4.78, 5) is 19.0. The maximum absolute atomic E-state index is 4.53. The molecule has 1 saturated heterocycles. The van der Waals surface area contributed by atoms with E-state index in [1.54, 1.807) is 0 Å². The second-order valence-electron chi connectivity index (χ2n) is 7.80. The van der Waals surface area contributed by atoms with Gasteiger partial charge >= 0.3 is 0 Å². The summed E-state index contributed by atoms with van der Waals surface area (Å²) in [6.45, 7) is 10.4. The molecular formula is C22H34N6. The van der Waals surface area contributed by atoms with Crippen LogP contribution >= 0.6 is 0 Å². The van der Waals surface area contributed by atoms with Crippen molar-refractivity contribution >= 4 is 0 Å². The van der Waals surface area contributed by atoms with Gasteiger partial charge in [0.05, 0.1) is 11.4 Å². The highest BCUT2D eigenvalue weighted by Gasteiger charge is 2.15. The summed E-state index contributed by atoms with van der Waals surface area (Å²) in [7, 11) is 4.46. The number of hydrogen-bond donors (Lipinski definition) is 0. The third kappa shape index (κ3) is 7.28. The zero-order chi connectivity index (χ0) is 19.6. The van der Waals surface area contributed by atoms with E-state index in [9.17, 15) is 0 Å². The Morgan fingerprint density at radius 1 is 0.607 bits per heavy atom. The van der Waals surface area contributed by atoms with Gasteiger partial charge in [-0.15, -0.1) is 0 Å². The molecule has 3 heterocycles. The first kappa shape index (κ1) is 20.9. The van der Waals surface area contributed by atoms with Crippen molar-refractivity contribution in [1.82, 2.24) is 29.6 Å². The lowest BCUT2D eigenvalue weighted by molar-refractivity contribution is 0.144. The monoisotopic (exact) mass is 382 g/mol. The first-order valence-electron chi connectivity index (χ1n) is 10.3. The molecule has 6 nitrogen and oxygen atoms in total. The van der Waals surface area contributed by atoms with Crippen LogP contribution in [0.5, 0.6) is 0 Å². The summed E-state index contributed by atoms with van der Waals surface area (Å²) in [6, 6.07) is 12.4. The van der Waals surface area contributed by atoms with Gasteiger partial charge in [0.1, 0.15) is 0 Å². The average molecular weight is 383 g/mol. The van der Waals surface area contributed by atoms with Crippen LogP contribution in [0.15, 0.2) is 48.8 Å². The van der Waals surface area contributed by atoms with Crippen LogP contribution in [0.25, 0.3) is 0 Å². The Morgan fingerprint density at radius 2 is 1.00 bits per heavy atom. The van der Waals surface area contributed by atoms with Crippen LogP contribution in [0.4, 0.5) is 0 Å². The molecule has 152 valence electrons. The van der Waals surface area contributed by atoms with Crippen molar-refractivity contribution in [2.24, 2.45) is 0 Å². The Labute approximate surface area is 169 Å². The van der Waals surface area contributed by atoms with Crippen LogP contribution in [0.3, 0.4) is 0 Å². The Hall–Kier alpha value is -1.86. The quantitative estimate of drug-likeness (QED) is 0.801. The largest absolute Gasteiger partial charge is 0.304 e. The molecule has 0 unspecified atom stereocenters. The van der Waals surface area contributed by atoms with Crippen molar-refractivity contribution in [3.63, 3.8) is 0 Å². The molecule has 6 heteroatoms. The molecule has 0 amide bonds. The first-order chi connectivity index (χ1) is 13.7. The highest BCUT2D eigenvalue weighted by Crippen LogP contribution is 2.06. The fourth-order valence-electron chi connectivity index (χ4n) is 3.45. The van der Waals surface area contributed by atoms with Crippen LogP contribution in [0.1, 0.15) is 11.4 Å². The molecule has 0 saturated carbocycles. The zero-order valence-electron chi connectivity index (χ0n) is 17.4. The molecule has 1 aliphatic heterocycles. The molecule has 1 aliphatic rings. The van der Waals surface area contributed by atoms with E-state index in [4.69, 9.17) is 0 Å². The summed E-state index contributed by atoms with van der Waals surface area (Å²) in [5.74, 6) is 0. The molecule has 0 spiro atoms. The number of hydrogen-bond acceptors (Lipinski definition) is 6. The molecule has 0 radical (unpaired) electrons. The molecule has 2 aromatic heterocycles. The summed E-state index contributed by atoms with van der Waals surface area (Å²) in [6.07, 6.45) is 3.78. The minimum atomic E-state index is 0.909. The molecule has 0 N–H and O–H groups in total. The smallest absolute Gasteiger partial charge is 0.0543 e. The van der Waals surface area contributed by atoms with Gasteiger partial charge in [-0.05, 0) is 38.4 Å². The predicted octanol–water partition coefficient (Wildman–Crippen LogP) is 1.66. The Bertz CT molecular complexity index is 606. The maximum atomic E-state index is 4.53. The Morgan fingerprint density at radius 3 is 1.39 bits per heavy atom. The molecule has 3 rings (SSSR count). The van der Waals surface area contributed by atoms with Crippen molar-refractivity contribution < 1.29 is 0 Å². The van der Waals surface area contributed by atoms with E-state index in [1.807, 2.05) is 24.5 Å². The van der Waals surface area contributed by atoms with Crippen molar-refractivity contribution in [2.75, 3.05) is 66.5 Å².